The van der Waals surface area contributed by atoms with E-state index in [2.05, 4.69) is 160 Å². The minimum atomic E-state index is -2.85. The molecule has 0 fully saturated rings. The van der Waals surface area contributed by atoms with Crippen molar-refractivity contribution in [1.29, 1.82) is 0 Å². The molecule has 2 aliphatic carbocycles. The average Bonchev–Trinajstić information content (AvgIpc) is 3.49. The molecule has 0 saturated carbocycles. The zero-order chi connectivity index (χ0) is 31.6. The van der Waals surface area contributed by atoms with Gasteiger partial charge in [0.2, 0.25) is 0 Å². The SMILES string of the molecule is CC1=CC(C)[C]([Zr](=[C](c2ccc(C)cc2)c2ccc(C)cc2)[c]2c(C(C)(C)C)ccc3c2Cc2cc(C(C)(C)C)ccc2-3)=C1. The number of hydrogen-bond acceptors (Lipinski definition) is 0. The summed E-state index contributed by atoms with van der Waals surface area (Å²) < 4.78 is 5.02. The Bertz CT molecular complexity index is 1800. The van der Waals surface area contributed by atoms with Crippen molar-refractivity contribution >= 4 is 6.48 Å². The molecule has 1 unspecified atom stereocenters. The van der Waals surface area contributed by atoms with Crippen LogP contribution in [0.2, 0.25) is 0 Å². The monoisotopic (exact) mass is 654 g/mol. The third-order valence-corrected chi connectivity index (χ3v) is 17.8. The van der Waals surface area contributed by atoms with Gasteiger partial charge in [-0.05, 0) is 0 Å². The second kappa shape index (κ2) is 11.5. The summed E-state index contributed by atoms with van der Waals surface area (Å²) in [4.78, 5) is 0. The molecular weight excluding hydrogens is 608 g/mol. The molecule has 1 heteroatoms. The topological polar surface area (TPSA) is 0 Å². The quantitative estimate of drug-likeness (QED) is 0.181. The summed E-state index contributed by atoms with van der Waals surface area (Å²) in [6.45, 7) is 23.4. The van der Waals surface area contributed by atoms with Crippen molar-refractivity contribution in [2.45, 2.75) is 86.5 Å². The zero-order valence-corrected chi connectivity index (χ0v) is 30.9. The summed E-state index contributed by atoms with van der Waals surface area (Å²) in [6.07, 6.45) is 6.11. The molecular formula is C43H48Zr. The van der Waals surface area contributed by atoms with Crippen LogP contribution < -0.4 is 3.27 Å². The molecule has 0 heterocycles. The van der Waals surface area contributed by atoms with Crippen molar-refractivity contribution in [2.75, 3.05) is 0 Å². The molecule has 0 nitrogen and oxygen atoms in total. The fourth-order valence-electron chi connectivity index (χ4n) is 7.17. The Kier molecular flexibility index (Phi) is 8.12. The molecule has 0 saturated heterocycles. The number of hydrogen-bond donors (Lipinski definition) is 0. The van der Waals surface area contributed by atoms with Crippen LogP contribution in [0.3, 0.4) is 0 Å². The third kappa shape index (κ3) is 5.78. The number of aryl methyl sites for hydroxylation is 2. The van der Waals surface area contributed by atoms with Gasteiger partial charge >= 0.3 is 276 Å². The van der Waals surface area contributed by atoms with E-state index < -0.39 is 21.3 Å². The Hall–Kier alpha value is -2.89. The van der Waals surface area contributed by atoms with E-state index in [1.165, 1.54) is 50.1 Å². The van der Waals surface area contributed by atoms with Gasteiger partial charge in [0, 0.05) is 0 Å². The van der Waals surface area contributed by atoms with Gasteiger partial charge in [-0.1, -0.05) is 0 Å². The summed E-state index contributed by atoms with van der Waals surface area (Å²) in [6, 6.07) is 31.1. The van der Waals surface area contributed by atoms with Crippen LogP contribution in [-0.4, -0.2) is 3.21 Å². The van der Waals surface area contributed by atoms with Crippen LogP contribution in [0.1, 0.15) is 99.9 Å². The van der Waals surface area contributed by atoms with Crippen LogP contribution in [0, 0.1) is 19.8 Å². The molecule has 0 aliphatic heterocycles. The van der Waals surface area contributed by atoms with Gasteiger partial charge in [-0.2, -0.15) is 0 Å². The maximum absolute atomic E-state index is 2.85. The normalized spacial score (nSPS) is 15.9. The van der Waals surface area contributed by atoms with Gasteiger partial charge in [0.25, 0.3) is 0 Å². The summed E-state index contributed by atoms with van der Waals surface area (Å²) in [5, 5.41) is 0. The first-order valence-corrected chi connectivity index (χ1v) is 20.0. The van der Waals surface area contributed by atoms with E-state index >= 15 is 0 Å². The van der Waals surface area contributed by atoms with Crippen LogP contribution >= 0.6 is 0 Å². The van der Waals surface area contributed by atoms with E-state index in [1.807, 2.05) is 0 Å². The van der Waals surface area contributed by atoms with Crippen molar-refractivity contribution in [2.24, 2.45) is 5.92 Å². The van der Waals surface area contributed by atoms with Crippen LogP contribution in [0.4, 0.5) is 0 Å². The fraction of sp³-hybridized carbons (Fsp3) is 0.326. The minimum absolute atomic E-state index is 0.0397. The van der Waals surface area contributed by atoms with Crippen molar-refractivity contribution in [1.82, 2.24) is 0 Å². The molecule has 2 aliphatic rings. The molecule has 1 atom stereocenters. The van der Waals surface area contributed by atoms with Crippen LogP contribution in [0.25, 0.3) is 11.1 Å². The Balaban J connectivity index is 1.75. The van der Waals surface area contributed by atoms with E-state index in [4.69, 9.17) is 0 Å². The first-order chi connectivity index (χ1) is 20.7. The first-order valence-electron chi connectivity index (χ1n) is 16.3. The molecule has 6 rings (SSSR count). The second-order valence-corrected chi connectivity index (χ2v) is 21.1. The van der Waals surface area contributed by atoms with Gasteiger partial charge in [-0.3, -0.25) is 0 Å². The molecule has 0 bridgehead atoms. The second-order valence-electron chi connectivity index (χ2n) is 15.3. The van der Waals surface area contributed by atoms with Crippen LogP contribution in [0.15, 0.2) is 99.9 Å². The molecule has 224 valence electrons. The maximum atomic E-state index is 2.58. The van der Waals surface area contributed by atoms with E-state index in [1.54, 1.807) is 20.9 Å². The van der Waals surface area contributed by atoms with E-state index in [0.29, 0.717) is 5.92 Å². The third-order valence-electron chi connectivity index (χ3n) is 9.61. The molecule has 44 heavy (non-hydrogen) atoms. The molecule has 4 aromatic carbocycles. The van der Waals surface area contributed by atoms with Crippen LogP contribution in [0.5, 0.6) is 0 Å². The first kappa shape index (κ1) is 31.1. The van der Waals surface area contributed by atoms with Gasteiger partial charge in [-0.15, -0.1) is 0 Å². The predicted octanol–water partition coefficient (Wildman–Crippen LogP) is 10.5. The van der Waals surface area contributed by atoms with Gasteiger partial charge in [0.15, 0.2) is 0 Å². The van der Waals surface area contributed by atoms with Crippen molar-refractivity contribution in [3.63, 3.8) is 0 Å². The standard InChI is InChI=1S/C21H25.C15H14.C7H9.Zr/c1-20(2,3)16-7-9-18-14(12-16)11-15-13-17(21(4,5)6)8-10-19(15)18;1-12-3-7-14(8-4-12)11-15-9-5-13(2)6-10-15;1-6-3-4-7(2)5-6;/h7-10,12H,11H2,1-6H3;3-10H,1-2H3;3,5,7H,1-2H3;. The summed E-state index contributed by atoms with van der Waals surface area (Å²) >= 11 is -2.85. The van der Waals surface area contributed by atoms with Gasteiger partial charge < -0.3 is 0 Å². The molecule has 0 N–H and O–H groups in total. The molecule has 0 aromatic heterocycles. The van der Waals surface area contributed by atoms with E-state index in [9.17, 15) is 0 Å². The number of rotatable bonds is 4. The van der Waals surface area contributed by atoms with Gasteiger partial charge in [0.1, 0.15) is 0 Å². The van der Waals surface area contributed by atoms with Crippen molar-refractivity contribution < 1.29 is 21.3 Å². The predicted molar refractivity (Wildman–Crippen MR) is 188 cm³/mol. The Morgan fingerprint density at radius 1 is 0.682 bits per heavy atom. The summed E-state index contributed by atoms with van der Waals surface area (Å²) in [5.74, 6) is 0.454. The van der Waals surface area contributed by atoms with Crippen LogP contribution in [-0.2, 0) is 38.5 Å². The number of fused-ring (bicyclic) bond motifs is 3. The fourth-order valence-corrected chi connectivity index (χ4v) is 16.8. The van der Waals surface area contributed by atoms with E-state index in [-0.39, 0.29) is 10.8 Å². The average molecular weight is 656 g/mol. The number of benzene rings is 4. The van der Waals surface area contributed by atoms with Gasteiger partial charge in [-0.25, -0.2) is 0 Å². The summed E-state index contributed by atoms with van der Waals surface area (Å²) in [7, 11) is 0. The Morgan fingerprint density at radius 2 is 1.25 bits per heavy atom. The molecule has 0 amide bonds. The van der Waals surface area contributed by atoms with Crippen molar-refractivity contribution in [3.05, 3.63) is 144 Å². The number of allylic oxidation sites excluding steroid dienone is 4. The van der Waals surface area contributed by atoms with Crippen molar-refractivity contribution in [3.8, 4) is 11.1 Å². The molecule has 4 aromatic rings. The summed E-state index contributed by atoms with van der Waals surface area (Å²) in [5.41, 5.74) is 16.0. The molecule has 0 radical (unpaired) electrons. The zero-order valence-electron chi connectivity index (χ0n) is 28.4. The Labute approximate surface area is 274 Å². The molecule has 0 spiro atoms. The van der Waals surface area contributed by atoms with Gasteiger partial charge in [0.05, 0.1) is 0 Å². The van der Waals surface area contributed by atoms with E-state index in [0.717, 1.165) is 6.42 Å². The Morgan fingerprint density at radius 3 is 1.75 bits per heavy atom.